The fourth-order valence-corrected chi connectivity index (χ4v) is 2.17. The second-order valence-electron chi connectivity index (χ2n) is 5.99. The van der Waals surface area contributed by atoms with E-state index in [2.05, 4.69) is 20.8 Å². The fourth-order valence-electron chi connectivity index (χ4n) is 2.17. The van der Waals surface area contributed by atoms with Crippen molar-refractivity contribution in [2.45, 2.75) is 6.18 Å². The van der Waals surface area contributed by atoms with Crippen molar-refractivity contribution in [2.24, 2.45) is 0 Å². The number of halogens is 3. The molecular weight excluding hydrogens is 433 g/mol. The number of alkyl halides is 3. The van der Waals surface area contributed by atoms with Crippen LogP contribution in [0.1, 0.15) is 20.8 Å². The number of aliphatic carboxylic acids is 1. The molecule has 0 saturated carbocycles. The van der Waals surface area contributed by atoms with Crippen LogP contribution in [0.2, 0.25) is 0 Å². The van der Waals surface area contributed by atoms with Crippen molar-refractivity contribution in [2.75, 3.05) is 13.1 Å². The number of carboxylic acids is 1. The summed E-state index contributed by atoms with van der Waals surface area (Å²) >= 11 is 0. The van der Waals surface area contributed by atoms with Crippen molar-refractivity contribution in [3.63, 3.8) is 0 Å². The van der Waals surface area contributed by atoms with Crippen molar-refractivity contribution in [3.05, 3.63) is 72.2 Å². The topological polar surface area (TPSA) is 134 Å². The van der Waals surface area contributed by atoms with Crippen LogP contribution in [0.3, 0.4) is 0 Å². The molecule has 0 unspecified atom stereocenters. The van der Waals surface area contributed by atoms with Gasteiger partial charge in [-0.15, -0.1) is 0 Å². The number of aromatic nitrogens is 2. The van der Waals surface area contributed by atoms with Gasteiger partial charge in [0.2, 0.25) is 0 Å². The lowest BCUT2D eigenvalue weighted by Crippen LogP contribution is -2.34. The largest absolute Gasteiger partial charge is 0.490 e. The van der Waals surface area contributed by atoms with Gasteiger partial charge < -0.3 is 20.3 Å². The van der Waals surface area contributed by atoms with E-state index in [0.29, 0.717) is 17.9 Å². The molecule has 3 rings (SSSR count). The lowest BCUT2D eigenvalue weighted by Gasteiger charge is -2.05. The van der Waals surface area contributed by atoms with Gasteiger partial charge in [-0.2, -0.15) is 13.2 Å². The van der Waals surface area contributed by atoms with Gasteiger partial charge in [0.05, 0.1) is 0 Å². The summed E-state index contributed by atoms with van der Waals surface area (Å²) in [4.78, 5) is 36.6. The Bertz CT molecular complexity index is 1040. The maximum Gasteiger partial charge on any atom is 0.490 e. The van der Waals surface area contributed by atoms with E-state index in [9.17, 15) is 22.8 Å². The van der Waals surface area contributed by atoms with Crippen LogP contribution in [0.25, 0.3) is 11.3 Å². The number of carbonyl (C=O) groups excluding carboxylic acids is 2. The SMILES string of the molecule is O=C(NCCNC(=O)c1cc(-c2ccccc2)on1)c1ccncc1.O=C(O)C(F)(F)F. The summed E-state index contributed by atoms with van der Waals surface area (Å²) in [5.41, 5.74) is 1.56. The van der Waals surface area contributed by atoms with Crippen molar-refractivity contribution >= 4 is 17.8 Å². The minimum absolute atomic E-state index is 0.194. The molecule has 0 aliphatic carbocycles. The highest BCUT2D eigenvalue weighted by Gasteiger charge is 2.38. The Morgan fingerprint density at radius 1 is 0.938 bits per heavy atom. The number of rotatable bonds is 6. The predicted molar refractivity (Wildman–Crippen MR) is 105 cm³/mol. The molecule has 2 amide bonds. The fraction of sp³-hybridized carbons (Fsp3) is 0.150. The monoisotopic (exact) mass is 450 g/mol. The number of nitrogens with zero attached hydrogens (tertiary/aromatic N) is 2. The molecule has 32 heavy (non-hydrogen) atoms. The second-order valence-corrected chi connectivity index (χ2v) is 5.99. The average molecular weight is 450 g/mol. The summed E-state index contributed by atoms with van der Waals surface area (Å²) in [6.07, 6.45) is -1.99. The lowest BCUT2D eigenvalue weighted by molar-refractivity contribution is -0.192. The minimum Gasteiger partial charge on any atom is -0.475 e. The molecule has 0 atom stereocenters. The average Bonchev–Trinajstić information content (AvgIpc) is 3.28. The third-order valence-electron chi connectivity index (χ3n) is 3.68. The molecule has 0 aliphatic heterocycles. The number of nitrogens with one attached hydrogen (secondary N) is 2. The zero-order valence-electron chi connectivity index (χ0n) is 16.3. The molecule has 0 fully saturated rings. The second kappa shape index (κ2) is 11.2. The van der Waals surface area contributed by atoms with E-state index in [-0.39, 0.29) is 24.1 Å². The number of pyridine rings is 1. The van der Waals surface area contributed by atoms with Gasteiger partial charge in [0.1, 0.15) is 0 Å². The molecule has 9 nitrogen and oxygen atoms in total. The van der Waals surface area contributed by atoms with Gasteiger partial charge in [0.15, 0.2) is 11.5 Å². The van der Waals surface area contributed by atoms with E-state index in [1.807, 2.05) is 30.3 Å². The maximum atomic E-state index is 12.0. The van der Waals surface area contributed by atoms with Gasteiger partial charge in [-0.25, -0.2) is 4.79 Å². The van der Waals surface area contributed by atoms with Crippen LogP contribution in [0, 0.1) is 0 Å². The zero-order chi connectivity index (χ0) is 23.6. The Hall–Kier alpha value is -4.22. The van der Waals surface area contributed by atoms with E-state index in [1.54, 1.807) is 30.6 Å². The Morgan fingerprint density at radius 3 is 2.06 bits per heavy atom. The van der Waals surface area contributed by atoms with E-state index in [0.717, 1.165) is 5.56 Å². The molecule has 3 N–H and O–H groups in total. The molecule has 3 aromatic rings. The zero-order valence-corrected chi connectivity index (χ0v) is 16.3. The van der Waals surface area contributed by atoms with Crippen LogP contribution in [0.5, 0.6) is 0 Å². The summed E-state index contributed by atoms with van der Waals surface area (Å²) in [6.45, 7) is 0.583. The van der Waals surface area contributed by atoms with Gasteiger partial charge >= 0.3 is 12.1 Å². The van der Waals surface area contributed by atoms with E-state index in [4.69, 9.17) is 14.4 Å². The summed E-state index contributed by atoms with van der Waals surface area (Å²) < 4.78 is 36.9. The molecular formula is C20H17F3N4O5. The number of carbonyl (C=O) groups is 3. The van der Waals surface area contributed by atoms with E-state index in [1.165, 1.54) is 0 Å². The first-order chi connectivity index (χ1) is 15.2. The third-order valence-corrected chi connectivity index (χ3v) is 3.68. The minimum atomic E-state index is -5.08. The number of hydrogen-bond acceptors (Lipinski definition) is 6. The number of amides is 2. The molecule has 0 spiro atoms. The Morgan fingerprint density at radius 2 is 1.50 bits per heavy atom. The van der Waals surface area contributed by atoms with Gasteiger partial charge in [-0.1, -0.05) is 35.5 Å². The molecule has 0 aliphatic rings. The highest BCUT2D eigenvalue weighted by atomic mass is 19.4. The summed E-state index contributed by atoms with van der Waals surface area (Å²) in [6, 6.07) is 14.2. The normalized spacial score (nSPS) is 10.5. The smallest absolute Gasteiger partial charge is 0.475 e. The quantitative estimate of drug-likeness (QED) is 0.491. The molecule has 0 saturated heterocycles. The molecule has 1 aromatic carbocycles. The molecule has 0 radical (unpaired) electrons. The Labute approximate surface area is 179 Å². The van der Waals surface area contributed by atoms with Crippen LogP contribution < -0.4 is 10.6 Å². The number of benzene rings is 1. The molecule has 0 bridgehead atoms. The first-order valence-electron chi connectivity index (χ1n) is 8.97. The lowest BCUT2D eigenvalue weighted by atomic mass is 10.1. The molecule has 2 aromatic heterocycles. The Kier molecular flexibility index (Phi) is 8.45. The molecule has 12 heteroatoms. The summed E-state index contributed by atoms with van der Waals surface area (Å²) in [5.74, 6) is -2.81. The van der Waals surface area contributed by atoms with Gasteiger partial charge in [-0.05, 0) is 12.1 Å². The summed E-state index contributed by atoms with van der Waals surface area (Å²) in [7, 11) is 0. The van der Waals surface area contributed by atoms with Gasteiger partial charge in [0, 0.05) is 42.7 Å². The highest BCUT2D eigenvalue weighted by molar-refractivity contribution is 5.94. The van der Waals surface area contributed by atoms with Crippen molar-refractivity contribution in [3.8, 4) is 11.3 Å². The van der Waals surface area contributed by atoms with Crippen LogP contribution in [-0.4, -0.2) is 52.3 Å². The van der Waals surface area contributed by atoms with Crippen LogP contribution in [0.15, 0.2) is 65.4 Å². The highest BCUT2D eigenvalue weighted by Crippen LogP contribution is 2.19. The number of carboxylic acid groups (broad SMARTS) is 1. The first kappa shape index (κ1) is 24.1. The van der Waals surface area contributed by atoms with E-state index >= 15 is 0 Å². The summed E-state index contributed by atoms with van der Waals surface area (Å²) in [5, 5.41) is 16.3. The predicted octanol–water partition coefficient (Wildman–Crippen LogP) is 2.53. The van der Waals surface area contributed by atoms with Crippen molar-refractivity contribution in [1.82, 2.24) is 20.8 Å². The standard InChI is InChI=1S/C18H16N4O3.C2HF3O2/c23-17(14-6-8-19-9-7-14)20-10-11-21-18(24)15-12-16(25-22-15)13-4-2-1-3-5-13;3-2(4,5)1(6)7/h1-9,12H,10-11H2,(H,20,23)(H,21,24);(H,6,7). The van der Waals surface area contributed by atoms with Gasteiger partial charge in [-0.3, -0.25) is 14.6 Å². The van der Waals surface area contributed by atoms with Crippen molar-refractivity contribution < 1.29 is 37.2 Å². The van der Waals surface area contributed by atoms with Crippen LogP contribution >= 0.6 is 0 Å². The van der Waals surface area contributed by atoms with Crippen LogP contribution in [0.4, 0.5) is 13.2 Å². The number of hydrogen-bond donors (Lipinski definition) is 3. The first-order valence-corrected chi connectivity index (χ1v) is 8.97. The van der Waals surface area contributed by atoms with Crippen LogP contribution in [-0.2, 0) is 4.79 Å². The van der Waals surface area contributed by atoms with E-state index < -0.39 is 12.1 Å². The maximum absolute atomic E-state index is 12.0. The Balaban J connectivity index is 0.000000451. The third kappa shape index (κ3) is 7.55. The van der Waals surface area contributed by atoms with Crippen molar-refractivity contribution in [1.29, 1.82) is 0 Å². The van der Waals surface area contributed by atoms with Gasteiger partial charge in [0.25, 0.3) is 11.8 Å². The molecule has 2 heterocycles. The molecule has 168 valence electrons.